The normalized spacial score (nSPS) is 15.3. The van der Waals surface area contributed by atoms with Gasteiger partial charge in [0.15, 0.2) is 4.34 Å². The van der Waals surface area contributed by atoms with Gasteiger partial charge in [-0.1, -0.05) is 48.2 Å². The van der Waals surface area contributed by atoms with Gasteiger partial charge in [-0.25, -0.2) is 14.0 Å². The number of nitrogens with zero attached hydrogens (tertiary/aromatic N) is 6. The summed E-state index contributed by atoms with van der Waals surface area (Å²) in [7, 11) is 1.68. The van der Waals surface area contributed by atoms with Crippen LogP contribution in [0.3, 0.4) is 0 Å². The van der Waals surface area contributed by atoms with E-state index >= 15 is 0 Å². The molecule has 0 aliphatic carbocycles. The Morgan fingerprint density at radius 1 is 1.23 bits per heavy atom. The van der Waals surface area contributed by atoms with E-state index in [0.717, 1.165) is 47.5 Å². The van der Waals surface area contributed by atoms with E-state index in [0.29, 0.717) is 11.7 Å². The van der Waals surface area contributed by atoms with Crippen LogP contribution in [0.15, 0.2) is 39.5 Å². The Kier molecular flexibility index (Phi) is 6.83. The minimum atomic E-state index is -0.138. The van der Waals surface area contributed by atoms with E-state index in [2.05, 4.69) is 32.4 Å². The predicted octanol–water partition coefficient (Wildman–Crippen LogP) is 2.35. The maximum Gasteiger partial charge on any atom is 0.350 e. The Morgan fingerprint density at radius 2 is 1.97 bits per heavy atom. The lowest BCUT2D eigenvalue weighted by molar-refractivity contribution is -0.117. The summed E-state index contributed by atoms with van der Waals surface area (Å²) in [6, 6.07) is 9.61. The number of aromatic nitrogens is 5. The molecule has 1 N–H and O–H groups in total. The first kappa shape index (κ1) is 21.7. The van der Waals surface area contributed by atoms with Gasteiger partial charge in [-0.15, -0.1) is 10.2 Å². The third-order valence-electron chi connectivity index (χ3n) is 5.20. The van der Waals surface area contributed by atoms with Crippen molar-refractivity contribution in [3.63, 3.8) is 0 Å². The van der Waals surface area contributed by atoms with E-state index in [4.69, 9.17) is 0 Å². The van der Waals surface area contributed by atoms with Gasteiger partial charge in [-0.3, -0.25) is 15.0 Å². The number of aryl methyl sites for hydroxylation is 1. The molecule has 1 saturated heterocycles. The second-order valence-corrected chi connectivity index (χ2v) is 9.83. The second-order valence-electron chi connectivity index (χ2n) is 7.34. The average molecular weight is 460 g/mol. The van der Waals surface area contributed by atoms with E-state index in [1.54, 1.807) is 23.4 Å². The number of carbonyl (C=O) groups excluding carboxylic acids is 1. The third kappa shape index (κ3) is 5.05. The number of rotatable bonds is 7. The highest BCUT2D eigenvalue weighted by Crippen LogP contribution is 2.28. The highest BCUT2D eigenvalue weighted by Gasteiger charge is 2.27. The number of amides is 1. The predicted molar refractivity (Wildman–Crippen MR) is 122 cm³/mol. The highest BCUT2D eigenvalue weighted by molar-refractivity contribution is 8.01. The van der Waals surface area contributed by atoms with Gasteiger partial charge in [-0.2, -0.15) is 5.10 Å². The molecule has 0 atom stereocenters. The summed E-state index contributed by atoms with van der Waals surface area (Å²) in [5, 5.41) is 16.0. The summed E-state index contributed by atoms with van der Waals surface area (Å²) < 4.78 is 3.96. The van der Waals surface area contributed by atoms with Gasteiger partial charge < -0.3 is 0 Å². The lowest BCUT2D eigenvalue weighted by atomic mass is 9.95. The first-order chi connectivity index (χ1) is 15.0. The standard InChI is InChI=1S/C20H25N7O2S2/c1-3-30-19-23-22-18(31-19)21-16(28)13-26-11-9-14(10-12-26)17-24-25(2)20(29)27(17)15-7-5-4-6-8-15/h4-8,14H,3,9-13H2,1-2H3,(H,21,22,28). The number of nitrogens with one attached hydrogen (secondary N) is 1. The first-order valence-corrected chi connectivity index (χ1v) is 12.0. The summed E-state index contributed by atoms with van der Waals surface area (Å²) in [4.78, 5) is 27.2. The van der Waals surface area contributed by atoms with Crippen LogP contribution in [-0.2, 0) is 11.8 Å². The molecule has 0 unspecified atom stereocenters. The molecule has 164 valence electrons. The van der Waals surface area contributed by atoms with Crippen LogP contribution in [0, 0.1) is 0 Å². The van der Waals surface area contributed by atoms with E-state index in [9.17, 15) is 9.59 Å². The molecule has 1 amide bonds. The molecule has 0 radical (unpaired) electrons. The van der Waals surface area contributed by atoms with Gasteiger partial charge in [-0.05, 0) is 43.8 Å². The van der Waals surface area contributed by atoms with Crippen molar-refractivity contribution >= 4 is 34.1 Å². The fraction of sp³-hybridized carbons (Fsp3) is 0.450. The molecule has 1 aliphatic rings. The number of para-hydroxylation sites is 1. The molecule has 1 aromatic carbocycles. The number of benzene rings is 1. The zero-order valence-corrected chi connectivity index (χ0v) is 19.2. The number of piperidine rings is 1. The molecular formula is C20H25N7O2S2. The lowest BCUT2D eigenvalue weighted by Crippen LogP contribution is -2.39. The molecule has 4 rings (SSSR count). The Balaban J connectivity index is 1.36. The molecule has 3 heterocycles. The maximum atomic E-state index is 12.6. The quantitative estimate of drug-likeness (QED) is 0.428. The fourth-order valence-electron chi connectivity index (χ4n) is 3.72. The second kappa shape index (κ2) is 9.75. The topological polar surface area (TPSA) is 97.9 Å². The molecule has 31 heavy (non-hydrogen) atoms. The number of thioether (sulfide) groups is 1. The van der Waals surface area contributed by atoms with Crippen LogP contribution in [-0.4, -0.2) is 60.7 Å². The lowest BCUT2D eigenvalue weighted by Gasteiger charge is -2.30. The highest BCUT2D eigenvalue weighted by atomic mass is 32.2. The molecule has 1 aliphatic heterocycles. The smallest absolute Gasteiger partial charge is 0.299 e. The Morgan fingerprint density at radius 3 is 2.68 bits per heavy atom. The molecular weight excluding hydrogens is 434 g/mol. The largest absolute Gasteiger partial charge is 0.350 e. The van der Waals surface area contributed by atoms with Crippen molar-refractivity contribution in [2.45, 2.75) is 30.0 Å². The summed E-state index contributed by atoms with van der Waals surface area (Å²) in [6.45, 7) is 3.91. The van der Waals surface area contributed by atoms with Crippen LogP contribution in [0.2, 0.25) is 0 Å². The van der Waals surface area contributed by atoms with E-state index in [-0.39, 0.29) is 17.5 Å². The van der Waals surface area contributed by atoms with Crippen molar-refractivity contribution in [1.29, 1.82) is 0 Å². The van der Waals surface area contributed by atoms with Crippen LogP contribution in [0.4, 0.5) is 5.13 Å². The van der Waals surface area contributed by atoms with Crippen molar-refractivity contribution in [1.82, 2.24) is 29.4 Å². The van der Waals surface area contributed by atoms with Crippen molar-refractivity contribution < 1.29 is 4.79 Å². The molecule has 11 heteroatoms. The molecule has 0 spiro atoms. The third-order valence-corrected chi connectivity index (χ3v) is 7.06. The average Bonchev–Trinajstić information content (AvgIpc) is 3.33. The number of hydrogen-bond acceptors (Lipinski definition) is 8. The van der Waals surface area contributed by atoms with Crippen LogP contribution in [0.5, 0.6) is 0 Å². The van der Waals surface area contributed by atoms with Gasteiger partial charge in [0.1, 0.15) is 5.82 Å². The van der Waals surface area contributed by atoms with Gasteiger partial charge >= 0.3 is 5.69 Å². The van der Waals surface area contributed by atoms with Crippen molar-refractivity contribution in [2.75, 3.05) is 30.7 Å². The Hall–Kier alpha value is -2.50. The number of anilines is 1. The van der Waals surface area contributed by atoms with E-state index < -0.39 is 0 Å². The first-order valence-electron chi connectivity index (χ1n) is 10.2. The molecule has 3 aromatic rings. The summed E-state index contributed by atoms with van der Waals surface area (Å²) in [5.74, 6) is 1.80. The van der Waals surface area contributed by atoms with Gasteiger partial charge in [0.25, 0.3) is 0 Å². The molecule has 0 bridgehead atoms. The zero-order chi connectivity index (χ0) is 21.8. The van der Waals surface area contributed by atoms with Crippen LogP contribution >= 0.6 is 23.1 Å². The fourth-order valence-corrected chi connectivity index (χ4v) is 5.39. The minimum absolute atomic E-state index is 0.0818. The molecule has 2 aromatic heterocycles. The number of hydrogen-bond donors (Lipinski definition) is 1. The van der Waals surface area contributed by atoms with Crippen molar-refractivity contribution in [3.8, 4) is 5.69 Å². The van der Waals surface area contributed by atoms with Gasteiger partial charge in [0.2, 0.25) is 11.0 Å². The monoisotopic (exact) mass is 459 g/mol. The Bertz CT molecular complexity index is 1080. The van der Waals surface area contributed by atoms with E-state index in [1.807, 2.05) is 30.3 Å². The Labute approximate surface area is 188 Å². The van der Waals surface area contributed by atoms with Gasteiger partial charge in [0.05, 0.1) is 12.2 Å². The van der Waals surface area contributed by atoms with E-state index in [1.165, 1.54) is 16.0 Å². The summed E-state index contributed by atoms with van der Waals surface area (Å²) in [5.41, 5.74) is 0.691. The number of carbonyl (C=O) groups is 1. The minimum Gasteiger partial charge on any atom is -0.299 e. The number of likely N-dealkylation sites (tertiary alicyclic amines) is 1. The summed E-state index contributed by atoms with van der Waals surface area (Å²) in [6.07, 6.45) is 1.68. The van der Waals surface area contributed by atoms with Crippen molar-refractivity contribution in [2.24, 2.45) is 7.05 Å². The maximum absolute atomic E-state index is 12.6. The molecule has 9 nitrogen and oxygen atoms in total. The van der Waals surface area contributed by atoms with Gasteiger partial charge in [0, 0.05) is 13.0 Å². The van der Waals surface area contributed by atoms with Crippen LogP contribution in [0.25, 0.3) is 5.69 Å². The summed E-state index contributed by atoms with van der Waals surface area (Å²) >= 11 is 3.01. The molecule has 0 saturated carbocycles. The van der Waals surface area contributed by atoms with Crippen LogP contribution in [0.1, 0.15) is 31.5 Å². The van der Waals surface area contributed by atoms with Crippen LogP contribution < -0.4 is 11.0 Å². The molecule has 1 fully saturated rings. The van der Waals surface area contributed by atoms with Crippen molar-refractivity contribution in [3.05, 3.63) is 46.6 Å². The SMILES string of the molecule is CCSc1nnc(NC(=O)CN2CCC(c3nn(C)c(=O)n3-c3ccccc3)CC2)s1. The zero-order valence-electron chi connectivity index (χ0n) is 17.5.